The maximum atomic E-state index is 12.7. The van der Waals surface area contributed by atoms with Gasteiger partial charge in [-0.1, -0.05) is 24.8 Å². The molecule has 0 unspecified atom stereocenters. The van der Waals surface area contributed by atoms with E-state index in [1.54, 1.807) is 13.1 Å². The molecule has 0 aliphatic rings. The highest BCUT2D eigenvalue weighted by Crippen LogP contribution is 2.32. The Morgan fingerprint density at radius 3 is 2.31 bits per heavy atom. The van der Waals surface area contributed by atoms with Crippen LogP contribution in [0.4, 0.5) is 0 Å². The third-order valence-corrected chi connectivity index (χ3v) is 4.45. The van der Waals surface area contributed by atoms with Crippen LogP contribution in [0.2, 0.25) is 0 Å². The smallest absolute Gasteiger partial charge is 0.270 e. The van der Waals surface area contributed by atoms with Crippen LogP contribution in [0, 0.1) is 13.8 Å². The Balaban J connectivity index is 2.17. The van der Waals surface area contributed by atoms with Crippen LogP contribution in [-0.2, 0) is 7.05 Å². The minimum atomic E-state index is -0.483. The summed E-state index contributed by atoms with van der Waals surface area (Å²) in [6, 6.07) is 7.41. The molecule has 7 nitrogen and oxygen atoms in total. The third kappa shape index (κ3) is 3.03. The zero-order valence-corrected chi connectivity index (χ0v) is 15.1. The van der Waals surface area contributed by atoms with Gasteiger partial charge in [0.2, 0.25) is 0 Å². The first-order chi connectivity index (χ1) is 12.4. The summed E-state index contributed by atoms with van der Waals surface area (Å²) in [5.41, 5.74) is 2.97. The van der Waals surface area contributed by atoms with Gasteiger partial charge in [-0.3, -0.25) is 24.5 Å². The predicted molar refractivity (Wildman–Crippen MR) is 100 cm³/mol. The first-order valence-electron chi connectivity index (χ1n) is 8.30. The molecule has 0 bridgehead atoms. The minimum Gasteiger partial charge on any atom is -0.490 e. The molecule has 0 fully saturated rings. The molecule has 0 aliphatic carbocycles. The van der Waals surface area contributed by atoms with E-state index in [2.05, 4.69) is 21.9 Å². The predicted octanol–water partition coefficient (Wildman–Crippen LogP) is 2.09. The Labute approximate surface area is 150 Å². The summed E-state index contributed by atoms with van der Waals surface area (Å²) >= 11 is 0. The minimum absolute atomic E-state index is 0.153. The Hall–Kier alpha value is -3.22. The van der Waals surface area contributed by atoms with Crippen molar-refractivity contribution < 1.29 is 4.74 Å². The number of aromatic nitrogens is 4. The van der Waals surface area contributed by atoms with Gasteiger partial charge in [0.1, 0.15) is 12.4 Å². The lowest BCUT2D eigenvalue weighted by atomic mass is 9.85. The molecule has 136 valence electrons. The van der Waals surface area contributed by atoms with E-state index in [-0.39, 0.29) is 11.1 Å². The molecule has 1 atom stereocenters. The second kappa shape index (κ2) is 6.95. The van der Waals surface area contributed by atoms with Crippen molar-refractivity contribution >= 4 is 0 Å². The average Bonchev–Trinajstić information content (AvgIpc) is 3.08. The van der Waals surface area contributed by atoms with Crippen molar-refractivity contribution in [3.63, 3.8) is 0 Å². The Kier molecular flexibility index (Phi) is 4.71. The molecule has 0 radical (unpaired) electrons. The zero-order valence-electron chi connectivity index (χ0n) is 15.1. The van der Waals surface area contributed by atoms with Gasteiger partial charge in [-0.05, 0) is 31.5 Å². The largest absolute Gasteiger partial charge is 0.490 e. The van der Waals surface area contributed by atoms with Crippen molar-refractivity contribution in [1.82, 2.24) is 20.0 Å². The molecule has 3 rings (SSSR count). The van der Waals surface area contributed by atoms with Crippen molar-refractivity contribution in [2.24, 2.45) is 7.05 Å². The molecular formula is C19H22N4O3. The van der Waals surface area contributed by atoms with Crippen molar-refractivity contribution in [2.75, 3.05) is 6.61 Å². The summed E-state index contributed by atoms with van der Waals surface area (Å²) in [7, 11) is 1.66. The highest BCUT2D eigenvalue weighted by molar-refractivity contribution is 5.45. The lowest BCUT2D eigenvalue weighted by Gasteiger charge is -2.16. The van der Waals surface area contributed by atoms with Crippen molar-refractivity contribution in [1.29, 1.82) is 0 Å². The molecule has 26 heavy (non-hydrogen) atoms. The normalized spacial score (nSPS) is 12.1. The second-order valence-electron chi connectivity index (χ2n) is 6.23. The molecule has 0 saturated heterocycles. The standard InChI is InChI=1S/C19H22N4O3/c1-5-10-26-14-8-6-13(7-9-14)17(15-11(2)20-21-18(15)24)16-12(3)22-23(4)19(16)25/h5-9,17,22H,1,10H2,2-4H3,(H2,20,21,24)/t17-/m0/s1. The van der Waals surface area contributed by atoms with Gasteiger partial charge in [0.25, 0.3) is 11.1 Å². The van der Waals surface area contributed by atoms with Gasteiger partial charge in [-0.15, -0.1) is 0 Å². The maximum absolute atomic E-state index is 12.7. The van der Waals surface area contributed by atoms with Gasteiger partial charge in [0, 0.05) is 24.4 Å². The number of hydrogen-bond acceptors (Lipinski definition) is 3. The quantitative estimate of drug-likeness (QED) is 0.592. The molecule has 2 heterocycles. The van der Waals surface area contributed by atoms with Crippen molar-refractivity contribution in [3.05, 3.63) is 85.7 Å². The number of ether oxygens (including phenoxy) is 1. The topological polar surface area (TPSA) is 95.7 Å². The lowest BCUT2D eigenvalue weighted by molar-refractivity contribution is 0.363. The van der Waals surface area contributed by atoms with Crippen LogP contribution in [0.5, 0.6) is 5.75 Å². The van der Waals surface area contributed by atoms with Crippen molar-refractivity contribution in [2.45, 2.75) is 19.8 Å². The van der Waals surface area contributed by atoms with Gasteiger partial charge in [-0.25, -0.2) is 0 Å². The van der Waals surface area contributed by atoms with Gasteiger partial charge < -0.3 is 9.84 Å². The van der Waals surface area contributed by atoms with E-state index in [9.17, 15) is 9.59 Å². The average molecular weight is 354 g/mol. The van der Waals surface area contributed by atoms with Gasteiger partial charge in [0.15, 0.2) is 0 Å². The fraction of sp³-hybridized carbons (Fsp3) is 0.263. The summed E-state index contributed by atoms with van der Waals surface area (Å²) in [5.74, 6) is 0.217. The van der Waals surface area contributed by atoms with Crippen LogP contribution in [-0.4, -0.2) is 26.6 Å². The highest BCUT2D eigenvalue weighted by atomic mass is 16.5. The number of hydrogen-bond donors (Lipinski definition) is 3. The van der Waals surface area contributed by atoms with Gasteiger partial charge >= 0.3 is 0 Å². The monoisotopic (exact) mass is 354 g/mol. The molecule has 7 heteroatoms. The number of aryl methyl sites for hydroxylation is 3. The summed E-state index contributed by atoms with van der Waals surface area (Å²) in [6.07, 6.45) is 1.67. The molecule has 0 saturated carbocycles. The number of aromatic amines is 3. The molecule has 0 amide bonds. The molecule has 2 aromatic heterocycles. The number of benzene rings is 1. The zero-order chi connectivity index (χ0) is 18.8. The molecular weight excluding hydrogens is 332 g/mol. The van der Waals surface area contributed by atoms with Crippen LogP contribution in [0.1, 0.15) is 34.0 Å². The first kappa shape index (κ1) is 17.6. The molecule has 3 N–H and O–H groups in total. The third-order valence-electron chi connectivity index (χ3n) is 4.45. The number of nitrogens with zero attached hydrogens (tertiary/aromatic N) is 1. The number of nitrogens with one attached hydrogen (secondary N) is 3. The van der Waals surface area contributed by atoms with Gasteiger partial charge in [-0.2, -0.15) is 0 Å². The van der Waals surface area contributed by atoms with E-state index >= 15 is 0 Å². The van der Waals surface area contributed by atoms with Gasteiger partial charge in [0.05, 0.1) is 11.1 Å². The van der Waals surface area contributed by atoms with Crippen LogP contribution in [0.25, 0.3) is 0 Å². The van der Waals surface area contributed by atoms with E-state index in [4.69, 9.17) is 4.74 Å². The maximum Gasteiger partial charge on any atom is 0.270 e. The summed E-state index contributed by atoms with van der Waals surface area (Å²) in [5, 5.41) is 8.47. The molecule has 0 aliphatic heterocycles. The number of H-pyrrole nitrogens is 3. The van der Waals surface area contributed by atoms with E-state index in [0.717, 1.165) is 11.3 Å². The van der Waals surface area contributed by atoms with E-state index in [1.807, 2.05) is 38.1 Å². The molecule has 3 aromatic rings. The van der Waals surface area contributed by atoms with Crippen LogP contribution in [0.15, 0.2) is 46.5 Å². The summed E-state index contributed by atoms with van der Waals surface area (Å²) in [6.45, 7) is 7.69. The lowest BCUT2D eigenvalue weighted by Crippen LogP contribution is -2.22. The van der Waals surface area contributed by atoms with E-state index in [1.165, 1.54) is 4.68 Å². The molecule has 0 spiro atoms. The van der Waals surface area contributed by atoms with Crippen LogP contribution in [0.3, 0.4) is 0 Å². The van der Waals surface area contributed by atoms with Crippen LogP contribution < -0.4 is 15.9 Å². The first-order valence-corrected chi connectivity index (χ1v) is 8.30. The van der Waals surface area contributed by atoms with E-state index in [0.29, 0.717) is 29.2 Å². The number of rotatable bonds is 6. The van der Waals surface area contributed by atoms with Crippen molar-refractivity contribution in [3.8, 4) is 5.75 Å². The Morgan fingerprint density at radius 1 is 1.12 bits per heavy atom. The second-order valence-corrected chi connectivity index (χ2v) is 6.23. The van der Waals surface area contributed by atoms with Crippen LogP contribution >= 0.6 is 0 Å². The fourth-order valence-electron chi connectivity index (χ4n) is 3.24. The molecule has 1 aromatic carbocycles. The fourth-order valence-corrected chi connectivity index (χ4v) is 3.24. The summed E-state index contributed by atoms with van der Waals surface area (Å²) < 4.78 is 6.95. The summed E-state index contributed by atoms with van der Waals surface area (Å²) in [4.78, 5) is 25.1. The highest BCUT2D eigenvalue weighted by Gasteiger charge is 2.28. The Bertz CT molecular complexity index is 1030. The van der Waals surface area contributed by atoms with E-state index < -0.39 is 5.92 Å². The SMILES string of the molecule is C=CCOc1ccc([C@@H](c2c(C)[nH][nH]c2=O)c2c(C)[nH]n(C)c2=O)cc1. The Morgan fingerprint density at radius 2 is 1.81 bits per heavy atom.